The molecular formula is C24H27FN4O4. The number of likely N-dealkylation sites (N-methyl/N-ethyl adjacent to an activating group) is 1. The second-order valence-electron chi connectivity index (χ2n) is 9.13. The normalized spacial score (nSPS) is 17.1. The third kappa shape index (κ3) is 4.92. The molecule has 2 heterocycles. The molecule has 2 aliphatic rings. The lowest BCUT2D eigenvalue weighted by molar-refractivity contribution is -0.133. The van der Waals surface area contributed by atoms with Gasteiger partial charge in [0.05, 0.1) is 11.8 Å². The van der Waals surface area contributed by atoms with Crippen LogP contribution in [-0.2, 0) is 4.79 Å². The van der Waals surface area contributed by atoms with Crippen LogP contribution in [0.4, 0.5) is 9.18 Å². The van der Waals surface area contributed by atoms with E-state index in [-0.39, 0.29) is 25.3 Å². The molecule has 2 aromatic rings. The van der Waals surface area contributed by atoms with E-state index in [9.17, 15) is 14.0 Å². The summed E-state index contributed by atoms with van der Waals surface area (Å²) in [5.41, 5.74) is 1.15. The molecule has 9 heteroatoms. The summed E-state index contributed by atoms with van der Waals surface area (Å²) in [6.45, 7) is 5.54. The van der Waals surface area contributed by atoms with Gasteiger partial charge in [-0.15, -0.1) is 0 Å². The van der Waals surface area contributed by atoms with E-state index in [1.165, 1.54) is 16.0 Å². The van der Waals surface area contributed by atoms with Gasteiger partial charge in [-0.25, -0.2) is 14.2 Å². The quantitative estimate of drug-likeness (QED) is 0.764. The summed E-state index contributed by atoms with van der Waals surface area (Å²) < 4.78 is 25.3. The van der Waals surface area contributed by atoms with Crippen molar-refractivity contribution in [1.82, 2.24) is 15.2 Å². The van der Waals surface area contributed by atoms with Gasteiger partial charge in [0.25, 0.3) is 5.91 Å². The number of hydrogen-bond acceptors (Lipinski definition) is 5. The first-order valence-electron chi connectivity index (χ1n) is 10.7. The van der Waals surface area contributed by atoms with Gasteiger partial charge in [0, 0.05) is 24.6 Å². The predicted octanol–water partition coefficient (Wildman–Crippen LogP) is 3.67. The molecule has 0 aliphatic carbocycles. The number of hydrazone groups is 1. The maximum Gasteiger partial charge on any atom is 0.318 e. The number of urea groups is 1. The van der Waals surface area contributed by atoms with Gasteiger partial charge in [0.15, 0.2) is 11.5 Å². The van der Waals surface area contributed by atoms with Crippen LogP contribution in [0.25, 0.3) is 0 Å². The molecule has 1 atom stereocenters. The van der Waals surface area contributed by atoms with E-state index in [4.69, 9.17) is 9.47 Å². The van der Waals surface area contributed by atoms with Crippen LogP contribution >= 0.6 is 0 Å². The standard InChI is InChI=1S/C24H27FN4O4/c1-24(2,3)26-23(31)28(4)13-22(30)29-19(15-9-10-20-21(11-15)33-14-32-20)12-18(27-29)16-7-5-6-8-17(16)25/h5-11,19H,12-14H2,1-4H3,(H,26,31). The highest BCUT2D eigenvalue weighted by atomic mass is 19.1. The summed E-state index contributed by atoms with van der Waals surface area (Å²) in [5.74, 6) is 0.427. The molecule has 0 radical (unpaired) electrons. The van der Waals surface area contributed by atoms with E-state index < -0.39 is 17.4 Å². The average molecular weight is 455 g/mol. The molecule has 1 unspecified atom stereocenters. The Balaban J connectivity index is 1.61. The first kappa shape index (κ1) is 22.6. The van der Waals surface area contributed by atoms with Gasteiger partial charge < -0.3 is 19.7 Å². The molecule has 0 fully saturated rings. The van der Waals surface area contributed by atoms with Gasteiger partial charge >= 0.3 is 6.03 Å². The Bertz CT molecular complexity index is 1110. The second-order valence-corrected chi connectivity index (χ2v) is 9.13. The van der Waals surface area contributed by atoms with Crippen LogP contribution in [0.2, 0.25) is 0 Å². The number of hydrogen-bond donors (Lipinski definition) is 1. The fourth-order valence-corrected chi connectivity index (χ4v) is 3.74. The summed E-state index contributed by atoms with van der Waals surface area (Å²) in [7, 11) is 1.55. The topological polar surface area (TPSA) is 83.5 Å². The fraction of sp³-hybridized carbons (Fsp3) is 0.375. The molecule has 174 valence electrons. The Kier molecular flexibility index (Phi) is 5.97. The second kappa shape index (κ2) is 8.73. The zero-order valence-corrected chi connectivity index (χ0v) is 19.1. The Labute approximate surface area is 192 Å². The van der Waals surface area contributed by atoms with Crippen LogP contribution < -0.4 is 14.8 Å². The van der Waals surface area contributed by atoms with Crippen LogP contribution in [0, 0.1) is 5.82 Å². The van der Waals surface area contributed by atoms with Crippen LogP contribution in [0.15, 0.2) is 47.6 Å². The Morgan fingerprint density at radius 1 is 1.18 bits per heavy atom. The molecule has 8 nitrogen and oxygen atoms in total. The molecule has 3 amide bonds. The number of nitrogens with zero attached hydrogens (tertiary/aromatic N) is 3. The largest absolute Gasteiger partial charge is 0.454 e. The summed E-state index contributed by atoms with van der Waals surface area (Å²) >= 11 is 0. The average Bonchev–Trinajstić information content (AvgIpc) is 3.39. The minimum atomic E-state index is -0.472. The van der Waals surface area contributed by atoms with Crippen molar-refractivity contribution in [2.45, 2.75) is 38.8 Å². The molecule has 0 saturated carbocycles. The lowest BCUT2D eigenvalue weighted by atomic mass is 9.97. The SMILES string of the molecule is CN(CC(=O)N1N=C(c2ccccc2F)CC1c1ccc2c(c1)OCO2)C(=O)NC(C)(C)C. The first-order chi connectivity index (χ1) is 15.6. The molecule has 0 aromatic heterocycles. The highest BCUT2D eigenvalue weighted by Crippen LogP contribution is 2.39. The van der Waals surface area contributed by atoms with E-state index in [2.05, 4.69) is 10.4 Å². The lowest BCUT2D eigenvalue weighted by Gasteiger charge is -2.28. The maximum atomic E-state index is 14.5. The maximum absolute atomic E-state index is 14.5. The van der Waals surface area contributed by atoms with Crippen molar-refractivity contribution in [2.24, 2.45) is 5.10 Å². The number of carbonyl (C=O) groups is 2. The highest BCUT2D eigenvalue weighted by Gasteiger charge is 2.35. The lowest BCUT2D eigenvalue weighted by Crippen LogP contribution is -2.49. The van der Waals surface area contributed by atoms with Crippen LogP contribution in [0.3, 0.4) is 0 Å². The Hall–Kier alpha value is -3.62. The van der Waals surface area contributed by atoms with E-state index in [0.29, 0.717) is 29.2 Å². The third-order valence-corrected chi connectivity index (χ3v) is 5.33. The Morgan fingerprint density at radius 2 is 1.91 bits per heavy atom. The van der Waals surface area contributed by atoms with Crippen molar-refractivity contribution in [3.63, 3.8) is 0 Å². The fourth-order valence-electron chi connectivity index (χ4n) is 3.74. The van der Waals surface area contributed by atoms with Crippen LogP contribution in [0.1, 0.15) is 44.4 Å². The molecule has 2 aromatic carbocycles. The van der Waals surface area contributed by atoms with Gasteiger partial charge in [-0.2, -0.15) is 5.10 Å². The molecule has 0 saturated heterocycles. The zero-order chi connectivity index (χ0) is 23.8. The molecule has 1 N–H and O–H groups in total. The van der Waals surface area contributed by atoms with E-state index in [1.807, 2.05) is 32.9 Å². The van der Waals surface area contributed by atoms with Crippen molar-refractivity contribution in [3.05, 3.63) is 59.4 Å². The highest BCUT2D eigenvalue weighted by molar-refractivity contribution is 6.03. The van der Waals surface area contributed by atoms with Gasteiger partial charge in [-0.1, -0.05) is 24.3 Å². The zero-order valence-electron chi connectivity index (χ0n) is 19.1. The molecule has 0 bridgehead atoms. The number of halogens is 1. The minimum absolute atomic E-state index is 0.136. The van der Waals surface area contributed by atoms with Gasteiger partial charge in [0.1, 0.15) is 12.4 Å². The van der Waals surface area contributed by atoms with Crippen molar-refractivity contribution in [2.75, 3.05) is 20.4 Å². The van der Waals surface area contributed by atoms with E-state index in [0.717, 1.165) is 5.56 Å². The summed E-state index contributed by atoms with van der Waals surface area (Å²) in [4.78, 5) is 27.0. The minimum Gasteiger partial charge on any atom is -0.454 e. The number of rotatable bonds is 4. The van der Waals surface area contributed by atoms with Crippen molar-refractivity contribution in [3.8, 4) is 11.5 Å². The molecule has 4 rings (SSSR count). The van der Waals surface area contributed by atoms with Gasteiger partial charge in [-0.05, 0) is 44.5 Å². The molecule has 33 heavy (non-hydrogen) atoms. The summed E-state index contributed by atoms with van der Waals surface area (Å²) in [6, 6.07) is 10.9. The number of benzene rings is 2. The number of ether oxygens (including phenoxy) is 2. The van der Waals surface area contributed by atoms with Crippen LogP contribution in [-0.4, -0.2) is 53.5 Å². The number of fused-ring (bicyclic) bond motifs is 1. The van der Waals surface area contributed by atoms with Gasteiger partial charge in [0.2, 0.25) is 6.79 Å². The molecular weight excluding hydrogens is 427 g/mol. The number of nitrogens with one attached hydrogen (secondary N) is 1. The number of carbonyl (C=O) groups excluding carboxylic acids is 2. The molecule has 2 aliphatic heterocycles. The smallest absolute Gasteiger partial charge is 0.318 e. The Morgan fingerprint density at radius 3 is 2.64 bits per heavy atom. The van der Waals surface area contributed by atoms with Crippen molar-refractivity contribution < 1.29 is 23.5 Å². The van der Waals surface area contributed by atoms with Crippen molar-refractivity contribution >= 4 is 17.6 Å². The van der Waals surface area contributed by atoms with Crippen molar-refractivity contribution in [1.29, 1.82) is 0 Å². The molecule has 0 spiro atoms. The van der Waals surface area contributed by atoms with E-state index >= 15 is 0 Å². The summed E-state index contributed by atoms with van der Waals surface area (Å²) in [5, 5.41) is 8.65. The summed E-state index contributed by atoms with van der Waals surface area (Å²) in [6.07, 6.45) is 0.324. The number of amides is 3. The predicted molar refractivity (Wildman–Crippen MR) is 121 cm³/mol. The monoisotopic (exact) mass is 454 g/mol. The van der Waals surface area contributed by atoms with Gasteiger partial charge in [-0.3, -0.25) is 4.79 Å². The van der Waals surface area contributed by atoms with E-state index in [1.54, 1.807) is 31.3 Å². The third-order valence-electron chi connectivity index (χ3n) is 5.33. The van der Waals surface area contributed by atoms with Crippen LogP contribution in [0.5, 0.6) is 11.5 Å². The first-order valence-corrected chi connectivity index (χ1v) is 10.7.